The fraction of sp³-hybridized carbons (Fsp3) is 0.947. The molecule has 1 aliphatic heterocycles. The van der Waals surface area contributed by atoms with Crippen LogP contribution in [0.3, 0.4) is 0 Å². The number of aliphatic hydroxyl groups excluding tert-OH is 1. The van der Waals surface area contributed by atoms with Crippen molar-refractivity contribution in [1.29, 1.82) is 0 Å². The molecule has 178 valence electrons. The summed E-state index contributed by atoms with van der Waals surface area (Å²) in [5.41, 5.74) is 0. The van der Waals surface area contributed by atoms with Gasteiger partial charge in [0.25, 0.3) is 7.82 Å². The van der Waals surface area contributed by atoms with Crippen molar-refractivity contribution in [1.82, 2.24) is 0 Å². The van der Waals surface area contributed by atoms with Gasteiger partial charge in [-0.05, 0) is 46.1 Å². The van der Waals surface area contributed by atoms with E-state index < -0.39 is 32.1 Å². The first-order valence-corrected chi connectivity index (χ1v) is 11.5. The van der Waals surface area contributed by atoms with Gasteiger partial charge in [-0.1, -0.05) is 20.0 Å². The van der Waals surface area contributed by atoms with Crippen LogP contribution in [0.25, 0.3) is 0 Å². The maximum absolute atomic E-state index is 12.4. The summed E-state index contributed by atoms with van der Waals surface area (Å²) in [6.07, 6.45) is -0.145. The van der Waals surface area contributed by atoms with Gasteiger partial charge in [0.1, 0.15) is 0 Å². The second kappa shape index (κ2) is 13.9. The molecule has 8 atom stereocenters. The molecule has 0 aromatic rings. The summed E-state index contributed by atoms with van der Waals surface area (Å²) in [7, 11) is -4.60. The summed E-state index contributed by atoms with van der Waals surface area (Å²) >= 11 is 0. The van der Waals surface area contributed by atoms with E-state index >= 15 is 0 Å². The Morgan fingerprint density at radius 1 is 1.17 bits per heavy atom. The van der Waals surface area contributed by atoms with Gasteiger partial charge in [-0.15, -0.1) is 0 Å². The first-order chi connectivity index (χ1) is 13.0. The minimum absolute atomic E-state index is 0. The number of ether oxygens (including phenoxy) is 3. The molecule has 11 heteroatoms. The van der Waals surface area contributed by atoms with E-state index in [0.29, 0.717) is 6.42 Å². The topological polar surface area (TPSA) is 107 Å². The summed E-state index contributed by atoms with van der Waals surface area (Å²) in [4.78, 5) is 12.4. The Bertz CT molecular complexity index is 537. The van der Waals surface area contributed by atoms with Crippen molar-refractivity contribution >= 4 is 7.82 Å². The summed E-state index contributed by atoms with van der Waals surface area (Å²) < 4.78 is 39.8. The van der Waals surface area contributed by atoms with E-state index in [1.807, 2.05) is 41.5 Å². The van der Waals surface area contributed by atoms with Crippen LogP contribution in [0.2, 0.25) is 0 Å². The molecule has 2 rings (SSSR count). The predicted octanol–water partition coefficient (Wildman–Crippen LogP) is 2.08. The Morgan fingerprint density at radius 2 is 1.80 bits per heavy atom. The Kier molecular flexibility index (Phi) is 14.5. The van der Waals surface area contributed by atoms with Gasteiger partial charge in [-0.3, -0.25) is 11.0 Å². The quantitative estimate of drug-likeness (QED) is 0.265. The van der Waals surface area contributed by atoms with E-state index in [9.17, 15) is 14.6 Å². The van der Waals surface area contributed by atoms with Crippen LogP contribution >= 0.6 is 7.82 Å². The SMILES string of the molecule is CC(C)OC[C@H]1O[C@@H](C)[CH-][C@H]1OP(=O)([O-])OC[C@@H]1C(OC(C)C)C[C@H](C)C1O.[W].[W]. The van der Waals surface area contributed by atoms with Crippen molar-refractivity contribution in [3.05, 3.63) is 6.42 Å². The molecule has 1 saturated heterocycles. The van der Waals surface area contributed by atoms with Gasteiger partial charge in [0.15, 0.2) is 0 Å². The van der Waals surface area contributed by atoms with Crippen LogP contribution in [0.4, 0.5) is 0 Å². The zero-order chi connectivity index (χ0) is 21.1. The van der Waals surface area contributed by atoms with E-state index in [4.69, 9.17) is 23.3 Å². The molecular weight excluding hydrogens is 755 g/mol. The summed E-state index contributed by atoms with van der Waals surface area (Å²) in [5.74, 6) is -0.412. The van der Waals surface area contributed by atoms with Crippen molar-refractivity contribution in [2.24, 2.45) is 11.8 Å². The maximum atomic E-state index is 12.4. The van der Waals surface area contributed by atoms with Crippen LogP contribution in [-0.4, -0.2) is 61.0 Å². The fourth-order valence-corrected chi connectivity index (χ4v) is 4.63. The smallest absolute Gasteiger partial charge is 0.265 e. The summed E-state index contributed by atoms with van der Waals surface area (Å²) in [6.45, 7) is 11.4. The molecule has 0 bridgehead atoms. The van der Waals surface area contributed by atoms with Crippen molar-refractivity contribution in [2.45, 2.75) is 90.7 Å². The van der Waals surface area contributed by atoms with E-state index in [1.54, 1.807) is 6.42 Å². The van der Waals surface area contributed by atoms with E-state index in [-0.39, 0.29) is 85.7 Å². The second-order valence-electron chi connectivity index (χ2n) is 8.36. The molecule has 0 aromatic carbocycles. The van der Waals surface area contributed by atoms with E-state index in [1.165, 1.54) is 0 Å². The normalized spacial score (nSPS) is 35.9. The van der Waals surface area contributed by atoms with E-state index in [0.717, 1.165) is 0 Å². The van der Waals surface area contributed by atoms with Crippen LogP contribution in [0.1, 0.15) is 48.0 Å². The molecule has 0 radical (unpaired) electrons. The van der Waals surface area contributed by atoms with Gasteiger partial charge in [0.05, 0.1) is 43.7 Å². The van der Waals surface area contributed by atoms with Gasteiger partial charge in [-0.2, -0.15) is 0 Å². The van der Waals surface area contributed by atoms with E-state index in [2.05, 4.69) is 0 Å². The molecule has 2 fully saturated rings. The molecule has 0 amide bonds. The third-order valence-electron chi connectivity index (χ3n) is 5.04. The van der Waals surface area contributed by atoms with Crippen LogP contribution in [-0.2, 0) is 70.0 Å². The molecular formula is C19H35O8PW2-2. The van der Waals surface area contributed by atoms with Gasteiger partial charge in [0.2, 0.25) is 0 Å². The Labute approximate surface area is 209 Å². The maximum Gasteiger partial charge on any atom is 0.265 e. The third kappa shape index (κ3) is 9.67. The van der Waals surface area contributed by atoms with Gasteiger partial charge >= 0.3 is 0 Å². The number of hydrogen-bond acceptors (Lipinski definition) is 8. The molecule has 1 N–H and O–H groups in total. The summed E-state index contributed by atoms with van der Waals surface area (Å²) in [6, 6.07) is 0. The van der Waals surface area contributed by atoms with Crippen LogP contribution in [0, 0.1) is 18.3 Å². The molecule has 0 aromatic heterocycles. The van der Waals surface area contributed by atoms with Gasteiger partial charge in [0, 0.05) is 48.0 Å². The molecule has 30 heavy (non-hydrogen) atoms. The Hall–Kier alpha value is 1.33. The molecule has 1 saturated carbocycles. The molecule has 0 spiro atoms. The average Bonchev–Trinajstić information content (AvgIpc) is 3.02. The number of phosphoric ester groups is 1. The minimum Gasteiger partial charge on any atom is -0.756 e. The molecule has 1 aliphatic carbocycles. The largest absolute Gasteiger partial charge is 0.756 e. The number of aliphatic hydroxyl groups is 1. The van der Waals surface area contributed by atoms with Crippen molar-refractivity contribution < 1.29 is 80.0 Å². The Morgan fingerprint density at radius 3 is 2.37 bits per heavy atom. The molecule has 3 unspecified atom stereocenters. The minimum atomic E-state index is -4.60. The van der Waals surface area contributed by atoms with Gasteiger partial charge < -0.3 is 33.3 Å². The Balaban J connectivity index is 0.00000420. The zero-order valence-corrected chi connectivity index (χ0v) is 25.2. The van der Waals surface area contributed by atoms with Crippen molar-refractivity contribution in [3.8, 4) is 0 Å². The van der Waals surface area contributed by atoms with Crippen molar-refractivity contribution in [3.63, 3.8) is 0 Å². The van der Waals surface area contributed by atoms with Crippen LogP contribution < -0.4 is 4.89 Å². The first-order valence-electron chi connectivity index (χ1n) is 10.1. The van der Waals surface area contributed by atoms with Crippen molar-refractivity contribution in [2.75, 3.05) is 13.2 Å². The number of phosphoric acid groups is 1. The second-order valence-corrected chi connectivity index (χ2v) is 9.72. The number of rotatable bonds is 10. The van der Waals surface area contributed by atoms with Crippen LogP contribution in [0.5, 0.6) is 0 Å². The average molecular weight is 790 g/mol. The molecule has 1 heterocycles. The standard InChI is InChI=1S/C19H36O8P.2W/c1-11(2)23-10-18-17(8-14(6)26-18)27-28(21,22)24-9-15-16(25-12(3)4)7-13(5)19(15)20;;/h8,11-20H,7,9-10H2,1-6H3,(H,21,22);;/q-1;;/p-1/t13-,14-,15+,16?,17+,18+,19?;;/m0../s1. The first kappa shape index (κ1) is 31.3. The van der Waals surface area contributed by atoms with Crippen LogP contribution in [0.15, 0.2) is 0 Å². The molecule has 2 aliphatic rings. The predicted molar refractivity (Wildman–Crippen MR) is 101 cm³/mol. The fourth-order valence-electron chi connectivity index (χ4n) is 3.71. The summed E-state index contributed by atoms with van der Waals surface area (Å²) in [5, 5.41) is 10.4. The molecule has 8 nitrogen and oxygen atoms in total. The zero-order valence-electron chi connectivity index (χ0n) is 18.5. The number of hydrogen-bond donors (Lipinski definition) is 1. The third-order valence-corrected chi connectivity index (χ3v) is 6.00. The monoisotopic (exact) mass is 790 g/mol. The van der Waals surface area contributed by atoms with Gasteiger partial charge in [-0.25, -0.2) is 0 Å².